The van der Waals surface area contributed by atoms with Crippen LogP contribution in [0.1, 0.15) is 45.4 Å². The fraction of sp³-hybridized carbons (Fsp3) is 0.917. The van der Waals surface area contributed by atoms with Crippen molar-refractivity contribution in [2.45, 2.75) is 45.4 Å². The van der Waals surface area contributed by atoms with Crippen molar-refractivity contribution in [3.8, 4) is 0 Å². The lowest BCUT2D eigenvalue weighted by molar-refractivity contribution is -0.147. The van der Waals surface area contributed by atoms with E-state index < -0.39 is 0 Å². The third-order valence-corrected chi connectivity index (χ3v) is 4.18. The molecule has 2 unspecified atom stereocenters. The molecule has 15 heavy (non-hydrogen) atoms. The summed E-state index contributed by atoms with van der Waals surface area (Å²) in [6, 6.07) is 0. The molecule has 0 aromatic rings. The molecule has 3 nitrogen and oxygen atoms in total. The van der Waals surface area contributed by atoms with Gasteiger partial charge in [0.25, 0.3) is 0 Å². The van der Waals surface area contributed by atoms with Crippen molar-refractivity contribution in [1.29, 1.82) is 0 Å². The fourth-order valence-corrected chi connectivity index (χ4v) is 3.11. The van der Waals surface area contributed by atoms with Crippen LogP contribution in [0.2, 0.25) is 0 Å². The van der Waals surface area contributed by atoms with Crippen molar-refractivity contribution in [2.24, 2.45) is 17.3 Å². The van der Waals surface area contributed by atoms with Crippen molar-refractivity contribution in [2.75, 3.05) is 7.11 Å². The predicted molar refractivity (Wildman–Crippen MR) is 57.9 cm³/mol. The summed E-state index contributed by atoms with van der Waals surface area (Å²) in [6.45, 7) is 2.11. The van der Waals surface area contributed by atoms with Gasteiger partial charge in [0, 0.05) is 0 Å². The number of hydrogen-bond donors (Lipinski definition) is 1. The molecule has 0 bridgehead atoms. The Labute approximate surface area is 91.5 Å². The molecule has 1 amide bonds. The zero-order valence-electron chi connectivity index (χ0n) is 9.71. The maximum Gasteiger partial charge on any atom is 0.249 e. The van der Waals surface area contributed by atoms with Crippen molar-refractivity contribution < 1.29 is 9.63 Å². The summed E-state index contributed by atoms with van der Waals surface area (Å²) < 4.78 is 0. The standard InChI is InChI=1S/C12H21NO2/c1-12(11(14)13-15-2)8-4-3-5-10(12)9-6-7-9/h9-10H,3-8H2,1-2H3,(H,13,14). The second kappa shape index (κ2) is 4.12. The third-order valence-electron chi connectivity index (χ3n) is 4.18. The van der Waals surface area contributed by atoms with Crippen LogP contribution in [0, 0.1) is 17.3 Å². The topological polar surface area (TPSA) is 38.3 Å². The van der Waals surface area contributed by atoms with Gasteiger partial charge in [-0.25, -0.2) is 5.48 Å². The fourth-order valence-electron chi connectivity index (χ4n) is 3.11. The van der Waals surface area contributed by atoms with Gasteiger partial charge in [-0.3, -0.25) is 9.63 Å². The van der Waals surface area contributed by atoms with E-state index in [-0.39, 0.29) is 11.3 Å². The number of amides is 1. The minimum absolute atomic E-state index is 0.0848. The van der Waals surface area contributed by atoms with E-state index in [1.807, 2.05) is 0 Å². The first kappa shape index (κ1) is 10.9. The highest BCUT2D eigenvalue weighted by molar-refractivity contribution is 5.81. The Bertz CT molecular complexity index is 250. The summed E-state index contributed by atoms with van der Waals surface area (Å²) in [7, 11) is 1.51. The number of nitrogens with one attached hydrogen (secondary N) is 1. The van der Waals surface area contributed by atoms with Crippen LogP contribution >= 0.6 is 0 Å². The second-order valence-corrected chi connectivity index (χ2v) is 5.24. The lowest BCUT2D eigenvalue weighted by Crippen LogP contribution is -2.46. The molecule has 2 aliphatic rings. The van der Waals surface area contributed by atoms with E-state index in [1.54, 1.807) is 0 Å². The van der Waals surface area contributed by atoms with Gasteiger partial charge in [-0.2, -0.15) is 0 Å². The Morgan fingerprint density at radius 3 is 2.67 bits per heavy atom. The molecule has 0 heterocycles. The van der Waals surface area contributed by atoms with Crippen LogP contribution in [0.4, 0.5) is 0 Å². The van der Waals surface area contributed by atoms with Gasteiger partial charge in [0.2, 0.25) is 5.91 Å². The monoisotopic (exact) mass is 211 g/mol. The van der Waals surface area contributed by atoms with Gasteiger partial charge in [-0.1, -0.05) is 19.8 Å². The summed E-state index contributed by atoms with van der Waals surface area (Å²) >= 11 is 0. The Morgan fingerprint density at radius 1 is 1.33 bits per heavy atom. The molecule has 0 aliphatic heterocycles. The molecule has 2 aliphatic carbocycles. The zero-order valence-corrected chi connectivity index (χ0v) is 9.71. The Balaban J connectivity index is 2.09. The van der Waals surface area contributed by atoms with Gasteiger partial charge in [-0.15, -0.1) is 0 Å². The van der Waals surface area contributed by atoms with Crippen molar-refractivity contribution in [3.63, 3.8) is 0 Å². The van der Waals surface area contributed by atoms with E-state index >= 15 is 0 Å². The van der Waals surface area contributed by atoms with Crippen LogP contribution in [-0.4, -0.2) is 13.0 Å². The predicted octanol–water partition coefficient (Wildman–Crippen LogP) is 2.27. The number of hydrogen-bond acceptors (Lipinski definition) is 2. The second-order valence-electron chi connectivity index (χ2n) is 5.24. The quantitative estimate of drug-likeness (QED) is 0.727. The van der Waals surface area contributed by atoms with Gasteiger partial charge in [0.05, 0.1) is 12.5 Å². The van der Waals surface area contributed by atoms with Crippen LogP contribution in [0.25, 0.3) is 0 Å². The van der Waals surface area contributed by atoms with Crippen LogP contribution < -0.4 is 5.48 Å². The van der Waals surface area contributed by atoms with Crippen LogP contribution in [0.3, 0.4) is 0 Å². The van der Waals surface area contributed by atoms with E-state index in [1.165, 1.54) is 39.2 Å². The third kappa shape index (κ3) is 2.03. The molecule has 2 saturated carbocycles. The summed E-state index contributed by atoms with van der Waals surface area (Å²) in [5.41, 5.74) is 2.34. The SMILES string of the molecule is CONC(=O)C1(C)CCCCC1C1CC1. The Kier molecular flexibility index (Phi) is 3.01. The van der Waals surface area contributed by atoms with Crippen LogP contribution in [0.15, 0.2) is 0 Å². The number of hydroxylamine groups is 1. The maximum absolute atomic E-state index is 12.0. The van der Waals surface area contributed by atoms with E-state index in [9.17, 15) is 4.79 Å². The average Bonchev–Trinajstić information content (AvgIpc) is 3.02. The van der Waals surface area contributed by atoms with E-state index in [0.29, 0.717) is 5.92 Å². The highest BCUT2D eigenvalue weighted by Gasteiger charge is 2.49. The molecule has 0 aromatic carbocycles. The Hall–Kier alpha value is -0.570. The molecular weight excluding hydrogens is 190 g/mol. The minimum atomic E-state index is -0.185. The highest BCUT2D eigenvalue weighted by Crippen LogP contribution is 2.52. The van der Waals surface area contributed by atoms with Crippen LogP contribution in [-0.2, 0) is 9.63 Å². The molecule has 86 valence electrons. The van der Waals surface area contributed by atoms with Gasteiger partial charge < -0.3 is 0 Å². The highest BCUT2D eigenvalue weighted by atomic mass is 16.6. The van der Waals surface area contributed by atoms with Gasteiger partial charge in [-0.05, 0) is 37.5 Å². The maximum atomic E-state index is 12.0. The van der Waals surface area contributed by atoms with E-state index in [2.05, 4.69) is 12.4 Å². The molecule has 3 heteroatoms. The normalized spacial score (nSPS) is 36.3. The first-order valence-corrected chi connectivity index (χ1v) is 6.02. The first-order valence-electron chi connectivity index (χ1n) is 6.02. The van der Waals surface area contributed by atoms with Crippen molar-refractivity contribution in [3.05, 3.63) is 0 Å². The first-order chi connectivity index (χ1) is 7.18. The molecular formula is C12H21NO2. The van der Waals surface area contributed by atoms with Gasteiger partial charge >= 0.3 is 0 Å². The molecule has 2 rings (SSSR count). The van der Waals surface area contributed by atoms with Gasteiger partial charge in [0.15, 0.2) is 0 Å². The van der Waals surface area contributed by atoms with E-state index in [0.717, 1.165) is 12.3 Å². The molecule has 1 N–H and O–H groups in total. The molecule has 0 saturated heterocycles. The molecule has 0 radical (unpaired) electrons. The molecule has 2 fully saturated rings. The van der Waals surface area contributed by atoms with E-state index in [4.69, 9.17) is 4.84 Å². The lowest BCUT2D eigenvalue weighted by Gasteiger charge is -2.40. The van der Waals surface area contributed by atoms with Gasteiger partial charge in [0.1, 0.15) is 0 Å². The summed E-state index contributed by atoms with van der Waals surface area (Å²) in [4.78, 5) is 16.8. The van der Waals surface area contributed by atoms with Crippen molar-refractivity contribution >= 4 is 5.91 Å². The minimum Gasteiger partial charge on any atom is -0.277 e. The van der Waals surface area contributed by atoms with Crippen LogP contribution in [0.5, 0.6) is 0 Å². The summed E-state index contributed by atoms with van der Waals surface area (Å²) in [5, 5.41) is 0. The number of rotatable bonds is 3. The zero-order chi connectivity index (χ0) is 10.9. The number of carbonyl (C=O) groups is 1. The largest absolute Gasteiger partial charge is 0.277 e. The summed E-state index contributed by atoms with van der Waals surface area (Å²) in [6.07, 6.45) is 7.34. The number of carbonyl (C=O) groups excluding carboxylic acids is 1. The summed E-state index contributed by atoms with van der Waals surface area (Å²) in [5.74, 6) is 1.47. The van der Waals surface area contributed by atoms with Crippen molar-refractivity contribution in [1.82, 2.24) is 5.48 Å². The average molecular weight is 211 g/mol. The molecule has 2 atom stereocenters. The smallest absolute Gasteiger partial charge is 0.249 e. The lowest BCUT2D eigenvalue weighted by atomic mass is 9.65. The molecule has 0 spiro atoms. The molecule has 0 aromatic heterocycles. The Morgan fingerprint density at radius 2 is 2.07 bits per heavy atom.